The van der Waals surface area contributed by atoms with Crippen LogP contribution in [0.2, 0.25) is 0 Å². The Morgan fingerprint density at radius 3 is 2.72 bits per heavy atom. The van der Waals surface area contributed by atoms with Gasteiger partial charge in [0.05, 0.1) is 4.90 Å². The van der Waals surface area contributed by atoms with E-state index in [-0.39, 0.29) is 0 Å². The Balaban J connectivity index is 1.82. The zero-order valence-electron chi connectivity index (χ0n) is 10.4. The Morgan fingerprint density at radius 2 is 2.06 bits per heavy atom. The lowest BCUT2D eigenvalue weighted by molar-refractivity contribution is 0.358. The molecule has 0 spiro atoms. The lowest BCUT2D eigenvalue weighted by Gasteiger charge is -2.22. The Hall–Kier alpha value is -0.910. The van der Waals surface area contributed by atoms with E-state index in [1.165, 1.54) is 12.8 Å². The molecule has 1 heterocycles. The van der Waals surface area contributed by atoms with Crippen LogP contribution in [0.4, 0.5) is 0 Å². The van der Waals surface area contributed by atoms with Crippen molar-refractivity contribution in [3.63, 3.8) is 0 Å². The molecule has 0 aliphatic carbocycles. The first kappa shape index (κ1) is 13.5. The summed E-state index contributed by atoms with van der Waals surface area (Å²) < 4.78 is 26.6. The highest BCUT2D eigenvalue weighted by Crippen LogP contribution is 2.14. The maximum Gasteiger partial charge on any atom is 0.240 e. The third kappa shape index (κ3) is 3.80. The molecule has 4 nitrogen and oxygen atoms in total. The average molecular weight is 268 g/mol. The molecule has 1 aromatic carbocycles. The number of hydrogen-bond donors (Lipinski definition) is 2. The molecule has 100 valence electrons. The molecule has 5 heteroatoms. The van der Waals surface area contributed by atoms with Gasteiger partial charge in [0.2, 0.25) is 10.0 Å². The molecule has 0 radical (unpaired) electrons. The highest BCUT2D eigenvalue weighted by Gasteiger charge is 2.16. The molecule has 1 saturated heterocycles. The molecule has 1 aliphatic heterocycles. The second-order valence-corrected chi connectivity index (χ2v) is 6.48. The van der Waals surface area contributed by atoms with Gasteiger partial charge in [0.1, 0.15) is 0 Å². The van der Waals surface area contributed by atoms with E-state index in [0.717, 1.165) is 19.5 Å². The van der Waals surface area contributed by atoms with Crippen LogP contribution in [-0.4, -0.2) is 28.1 Å². The maximum absolute atomic E-state index is 11.9. The summed E-state index contributed by atoms with van der Waals surface area (Å²) in [5, 5.41) is 3.34. The lowest BCUT2D eigenvalue weighted by Crippen LogP contribution is -2.33. The van der Waals surface area contributed by atoms with Gasteiger partial charge < -0.3 is 5.32 Å². The number of nitrogens with one attached hydrogen (secondary N) is 2. The number of sulfonamides is 1. The van der Waals surface area contributed by atoms with Crippen molar-refractivity contribution in [2.45, 2.75) is 24.2 Å². The molecule has 0 aromatic heterocycles. The Bertz CT molecular complexity index is 453. The molecule has 1 unspecified atom stereocenters. The van der Waals surface area contributed by atoms with Crippen molar-refractivity contribution in [3.8, 4) is 0 Å². The highest BCUT2D eigenvalue weighted by molar-refractivity contribution is 7.89. The van der Waals surface area contributed by atoms with Gasteiger partial charge in [-0.15, -0.1) is 0 Å². The van der Waals surface area contributed by atoms with Gasteiger partial charge in [-0.1, -0.05) is 18.2 Å². The summed E-state index contributed by atoms with van der Waals surface area (Å²) in [6.45, 7) is 2.61. The lowest BCUT2D eigenvalue weighted by atomic mass is 9.96. The fraction of sp³-hybridized carbons (Fsp3) is 0.538. The molecule has 2 N–H and O–H groups in total. The van der Waals surface area contributed by atoms with E-state index in [2.05, 4.69) is 10.0 Å². The van der Waals surface area contributed by atoms with Crippen LogP contribution in [0.5, 0.6) is 0 Å². The van der Waals surface area contributed by atoms with Crippen LogP contribution in [0.15, 0.2) is 35.2 Å². The number of piperidine rings is 1. The molecule has 1 aromatic rings. The van der Waals surface area contributed by atoms with Crippen molar-refractivity contribution < 1.29 is 8.42 Å². The molecule has 1 atom stereocenters. The van der Waals surface area contributed by atoms with E-state index in [1.54, 1.807) is 24.3 Å². The molecule has 18 heavy (non-hydrogen) atoms. The van der Waals surface area contributed by atoms with Gasteiger partial charge in [-0.2, -0.15) is 0 Å². The first-order valence-electron chi connectivity index (χ1n) is 6.44. The molecular formula is C13H20N2O2S. The fourth-order valence-corrected chi connectivity index (χ4v) is 3.32. The third-order valence-corrected chi connectivity index (χ3v) is 4.77. The van der Waals surface area contributed by atoms with E-state index in [9.17, 15) is 8.42 Å². The molecular weight excluding hydrogens is 248 g/mol. The SMILES string of the molecule is O=S(=O)(NCCC1CCCNC1)c1ccccc1. The van der Waals surface area contributed by atoms with Crippen LogP contribution in [-0.2, 0) is 10.0 Å². The molecule has 2 rings (SSSR count). The second kappa shape index (κ2) is 6.31. The Labute approximate surface area is 109 Å². The quantitative estimate of drug-likeness (QED) is 0.847. The van der Waals surface area contributed by atoms with Gasteiger partial charge in [-0.25, -0.2) is 13.1 Å². The monoisotopic (exact) mass is 268 g/mol. The van der Waals surface area contributed by atoms with Crippen LogP contribution in [0, 0.1) is 5.92 Å². The van der Waals surface area contributed by atoms with E-state index in [0.29, 0.717) is 17.4 Å². The number of rotatable bonds is 5. The van der Waals surface area contributed by atoms with Crippen LogP contribution in [0.1, 0.15) is 19.3 Å². The third-order valence-electron chi connectivity index (χ3n) is 3.30. The van der Waals surface area contributed by atoms with Crippen LogP contribution < -0.4 is 10.0 Å². The summed E-state index contributed by atoms with van der Waals surface area (Å²) in [5.41, 5.74) is 0. The summed E-state index contributed by atoms with van der Waals surface area (Å²) in [6.07, 6.45) is 3.29. The van der Waals surface area contributed by atoms with Crippen molar-refractivity contribution in [1.82, 2.24) is 10.0 Å². The maximum atomic E-state index is 11.9. The van der Waals surface area contributed by atoms with Gasteiger partial charge in [0.15, 0.2) is 0 Å². The van der Waals surface area contributed by atoms with Crippen LogP contribution >= 0.6 is 0 Å². The van der Waals surface area contributed by atoms with E-state index in [1.807, 2.05) is 6.07 Å². The number of hydrogen-bond acceptors (Lipinski definition) is 3. The minimum atomic E-state index is -3.33. The number of benzene rings is 1. The fourth-order valence-electron chi connectivity index (χ4n) is 2.25. The summed E-state index contributed by atoms with van der Waals surface area (Å²) in [5.74, 6) is 0.595. The Kier molecular flexibility index (Phi) is 4.74. The topological polar surface area (TPSA) is 58.2 Å². The average Bonchev–Trinajstić information content (AvgIpc) is 2.41. The van der Waals surface area contributed by atoms with Gasteiger partial charge in [0.25, 0.3) is 0 Å². The predicted octanol–water partition coefficient (Wildman–Crippen LogP) is 1.35. The molecule has 0 saturated carbocycles. The first-order valence-corrected chi connectivity index (χ1v) is 7.92. The zero-order chi connectivity index (χ0) is 12.8. The van der Waals surface area contributed by atoms with Crippen LogP contribution in [0.3, 0.4) is 0 Å². The summed E-state index contributed by atoms with van der Waals surface area (Å²) in [4.78, 5) is 0.340. The van der Waals surface area contributed by atoms with Crippen LogP contribution in [0.25, 0.3) is 0 Å². The van der Waals surface area contributed by atoms with E-state index >= 15 is 0 Å². The normalized spacial score (nSPS) is 20.8. The van der Waals surface area contributed by atoms with Gasteiger partial charge >= 0.3 is 0 Å². The van der Waals surface area contributed by atoms with E-state index < -0.39 is 10.0 Å². The van der Waals surface area contributed by atoms with Crippen molar-refractivity contribution in [3.05, 3.63) is 30.3 Å². The van der Waals surface area contributed by atoms with Crippen molar-refractivity contribution in [1.29, 1.82) is 0 Å². The predicted molar refractivity (Wildman–Crippen MR) is 71.8 cm³/mol. The highest BCUT2D eigenvalue weighted by atomic mass is 32.2. The summed E-state index contributed by atoms with van der Waals surface area (Å²) in [7, 11) is -3.33. The molecule has 0 amide bonds. The Morgan fingerprint density at radius 1 is 1.28 bits per heavy atom. The van der Waals surface area contributed by atoms with Crippen molar-refractivity contribution in [2.24, 2.45) is 5.92 Å². The summed E-state index contributed by atoms with van der Waals surface area (Å²) in [6, 6.07) is 8.51. The van der Waals surface area contributed by atoms with Gasteiger partial charge in [-0.05, 0) is 50.4 Å². The smallest absolute Gasteiger partial charge is 0.240 e. The first-order chi connectivity index (χ1) is 8.68. The van der Waals surface area contributed by atoms with Crippen molar-refractivity contribution >= 4 is 10.0 Å². The minimum Gasteiger partial charge on any atom is -0.316 e. The van der Waals surface area contributed by atoms with Gasteiger partial charge in [-0.3, -0.25) is 0 Å². The minimum absolute atomic E-state index is 0.340. The summed E-state index contributed by atoms with van der Waals surface area (Å²) >= 11 is 0. The molecule has 1 aliphatic rings. The molecule has 0 bridgehead atoms. The second-order valence-electron chi connectivity index (χ2n) is 4.71. The van der Waals surface area contributed by atoms with E-state index in [4.69, 9.17) is 0 Å². The van der Waals surface area contributed by atoms with Gasteiger partial charge in [0, 0.05) is 6.54 Å². The largest absolute Gasteiger partial charge is 0.316 e. The van der Waals surface area contributed by atoms with Crippen molar-refractivity contribution in [2.75, 3.05) is 19.6 Å². The zero-order valence-corrected chi connectivity index (χ0v) is 11.2. The standard InChI is InChI=1S/C13H20N2O2S/c16-18(17,13-6-2-1-3-7-13)15-10-8-12-5-4-9-14-11-12/h1-3,6-7,12,14-15H,4-5,8-11H2. The molecule has 1 fully saturated rings.